The van der Waals surface area contributed by atoms with Crippen LogP contribution in [0.2, 0.25) is 0 Å². The van der Waals surface area contributed by atoms with Crippen molar-refractivity contribution in [1.29, 1.82) is 0 Å². The Morgan fingerprint density at radius 2 is 2.21 bits per heavy atom. The van der Waals surface area contributed by atoms with Gasteiger partial charge in [0.05, 0.1) is 11.9 Å². The van der Waals surface area contributed by atoms with E-state index in [1.807, 2.05) is 6.92 Å². The Hall–Kier alpha value is -1.12. The Balaban J connectivity index is 1.92. The van der Waals surface area contributed by atoms with E-state index < -0.39 is 0 Å². The molecular formula is C11H17N3. The lowest BCUT2D eigenvalue weighted by molar-refractivity contribution is 0.520. The zero-order chi connectivity index (χ0) is 10.0. The summed E-state index contributed by atoms with van der Waals surface area (Å²) in [5, 5.41) is 3.37. The third-order valence-corrected chi connectivity index (χ3v) is 3.11. The van der Waals surface area contributed by atoms with E-state index in [0.29, 0.717) is 5.41 Å². The number of aromatic nitrogens is 2. The molecule has 3 heteroatoms. The fourth-order valence-corrected chi connectivity index (χ4v) is 1.66. The van der Waals surface area contributed by atoms with Gasteiger partial charge in [0.1, 0.15) is 5.82 Å². The van der Waals surface area contributed by atoms with Crippen LogP contribution >= 0.6 is 0 Å². The van der Waals surface area contributed by atoms with E-state index in [0.717, 1.165) is 18.1 Å². The monoisotopic (exact) mass is 191 g/mol. The van der Waals surface area contributed by atoms with Crippen molar-refractivity contribution in [2.24, 2.45) is 5.41 Å². The molecule has 0 saturated heterocycles. The first-order chi connectivity index (χ1) is 6.74. The second kappa shape index (κ2) is 3.56. The maximum Gasteiger partial charge on any atom is 0.144 e. The van der Waals surface area contributed by atoms with Gasteiger partial charge in [-0.25, -0.2) is 4.98 Å². The van der Waals surface area contributed by atoms with Crippen molar-refractivity contribution < 1.29 is 0 Å². The van der Waals surface area contributed by atoms with Crippen LogP contribution in [-0.2, 0) is 0 Å². The van der Waals surface area contributed by atoms with E-state index in [2.05, 4.69) is 22.2 Å². The van der Waals surface area contributed by atoms with Gasteiger partial charge in [0, 0.05) is 12.7 Å². The minimum absolute atomic E-state index is 0.561. The highest BCUT2D eigenvalue weighted by molar-refractivity contribution is 5.32. The van der Waals surface area contributed by atoms with Crippen molar-refractivity contribution >= 4 is 5.82 Å². The normalized spacial score (nSPS) is 17.9. The third-order valence-electron chi connectivity index (χ3n) is 3.11. The van der Waals surface area contributed by atoms with Crippen LogP contribution in [0.25, 0.3) is 0 Å². The van der Waals surface area contributed by atoms with Crippen LogP contribution in [0.15, 0.2) is 12.4 Å². The molecule has 0 spiro atoms. The highest BCUT2D eigenvalue weighted by Crippen LogP contribution is 2.48. The molecule has 0 aromatic carbocycles. The predicted molar refractivity (Wildman–Crippen MR) is 57.2 cm³/mol. The first-order valence-corrected chi connectivity index (χ1v) is 5.27. The molecule has 0 amide bonds. The summed E-state index contributed by atoms with van der Waals surface area (Å²) in [5.41, 5.74) is 1.53. The van der Waals surface area contributed by atoms with E-state index in [1.165, 1.54) is 19.3 Å². The number of hydrogen-bond donors (Lipinski definition) is 1. The molecule has 76 valence electrons. The first-order valence-electron chi connectivity index (χ1n) is 5.27. The average molecular weight is 191 g/mol. The standard InChI is InChI=1S/C11H17N3/c1-3-11(4-5-11)8-13-10-7-12-6-9(2)14-10/h6-7H,3-5,8H2,1-2H3,(H,13,14). The Bertz CT molecular complexity index is 318. The lowest BCUT2D eigenvalue weighted by Gasteiger charge is -2.13. The Labute approximate surface area is 85.0 Å². The smallest absolute Gasteiger partial charge is 0.144 e. The maximum atomic E-state index is 4.36. The summed E-state index contributed by atoms with van der Waals surface area (Å²) < 4.78 is 0. The molecule has 1 heterocycles. The fraction of sp³-hybridized carbons (Fsp3) is 0.636. The zero-order valence-corrected chi connectivity index (χ0v) is 8.88. The lowest BCUT2D eigenvalue weighted by Crippen LogP contribution is -2.15. The van der Waals surface area contributed by atoms with Crippen molar-refractivity contribution in [3.05, 3.63) is 18.1 Å². The van der Waals surface area contributed by atoms with Crippen molar-refractivity contribution in [2.75, 3.05) is 11.9 Å². The number of aryl methyl sites for hydroxylation is 1. The maximum absolute atomic E-state index is 4.36. The molecule has 1 aliphatic carbocycles. The van der Waals surface area contributed by atoms with Gasteiger partial charge in [0.2, 0.25) is 0 Å². The van der Waals surface area contributed by atoms with E-state index in [9.17, 15) is 0 Å². The number of hydrogen-bond acceptors (Lipinski definition) is 3. The Morgan fingerprint density at radius 3 is 2.79 bits per heavy atom. The van der Waals surface area contributed by atoms with Crippen molar-refractivity contribution in [2.45, 2.75) is 33.1 Å². The molecular weight excluding hydrogens is 174 g/mol. The third kappa shape index (κ3) is 2.03. The lowest BCUT2D eigenvalue weighted by atomic mass is 10.0. The number of nitrogens with one attached hydrogen (secondary N) is 1. The summed E-state index contributed by atoms with van der Waals surface area (Å²) in [6, 6.07) is 0. The molecule has 1 saturated carbocycles. The molecule has 0 radical (unpaired) electrons. The zero-order valence-electron chi connectivity index (χ0n) is 8.88. The van der Waals surface area contributed by atoms with Crippen LogP contribution in [0.1, 0.15) is 31.9 Å². The second-order valence-electron chi connectivity index (χ2n) is 4.25. The van der Waals surface area contributed by atoms with Crippen LogP contribution in [0.4, 0.5) is 5.82 Å². The summed E-state index contributed by atoms with van der Waals surface area (Å²) in [6.45, 7) is 5.27. The highest BCUT2D eigenvalue weighted by atomic mass is 15.0. The molecule has 14 heavy (non-hydrogen) atoms. The van der Waals surface area contributed by atoms with Gasteiger partial charge in [0.25, 0.3) is 0 Å². The van der Waals surface area contributed by atoms with E-state index in [-0.39, 0.29) is 0 Å². The molecule has 2 rings (SSSR count). The van der Waals surface area contributed by atoms with Crippen molar-refractivity contribution in [3.63, 3.8) is 0 Å². The first kappa shape index (κ1) is 9.44. The number of rotatable bonds is 4. The van der Waals surface area contributed by atoms with Crippen molar-refractivity contribution in [1.82, 2.24) is 9.97 Å². The SMILES string of the molecule is CCC1(CNc2cncc(C)n2)CC1. The largest absolute Gasteiger partial charge is 0.368 e. The molecule has 0 bridgehead atoms. The Morgan fingerprint density at radius 1 is 1.43 bits per heavy atom. The predicted octanol–water partition coefficient (Wildman–Crippen LogP) is 2.39. The molecule has 1 aromatic rings. The van der Waals surface area contributed by atoms with Gasteiger partial charge in [-0.3, -0.25) is 4.98 Å². The minimum atomic E-state index is 0.561. The average Bonchev–Trinajstić information content (AvgIpc) is 2.96. The van der Waals surface area contributed by atoms with E-state index >= 15 is 0 Å². The van der Waals surface area contributed by atoms with Gasteiger partial charge >= 0.3 is 0 Å². The van der Waals surface area contributed by atoms with Gasteiger partial charge in [-0.2, -0.15) is 0 Å². The van der Waals surface area contributed by atoms with Crippen LogP contribution in [0, 0.1) is 12.3 Å². The molecule has 0 unspecified atom stereocenters. The van der Waals surface area contributed by atoms with Crippen LogP contribution in [0.5, 0.6) is 0 Å². The molecule has 1 aliphatic rings. The fourth-order valence-electron chi connectivity index (χ4n) is 1.66. The minimum Gasteiger partial charge on any atom is -0.368 e. The van der Waals surface area contributed by atoms with Crippen molar-refractivity contribution in [3.8, 4) is 0 Å². The van der Waals surface area contributed by atoms with Gasteiger partial charge in [-0.1, -0.05) is 6.92 Å². The summed E-state index contributed by atoms with van der Waals surface area (Å²) in [4.78, 5) is 8.47. The van der Waals surface area contributed by atoms with Crippen LogP contribution < -0.4 is 5.32 Å². The molecule has 1 N–H and O–H groups in total. The van der Waals surface area contributed by atoms with Crippen LogP contribution in [-0.4, -0.2) is 16.5 Å². The molecule has 3 nitrogen and oxygen atoms in total. The second-order valence-corrected chi connectivity index (χ2v) is 4.25. The van der Waals surface area contributed by atoms with Gasteiger partial charge in [-0.05, 0) is 31.6 Å². The van der Waals surface area contributed by atoms with Crippen LogP contribution in [0.3, 0.4) is 0 Å². The molecule has 1 fully saturated rings. The highest BCUT2D eigenvalue weighted by Gasteiger charge is 2.40. The summed E-state index contributed by atoms with van der Waals surface area (Å²) >= 11 is 0. The number of nitrogens with zero attached hydrogens (tertiary/aromatic N) is 2. The Kier molecular flexibility index (Phi) is 2.40. The van der Waals surface area contributed by atoms with Gasteiger partial charge < -0.3 is 5.32 Å². The van der Waals surface area contributed by atoms with Gasteiger partial charge in [-0.15, -0.1) is 0 Å². The quantitative estimate of drug-likeness (QED) is 0.794. The molecule has 0 atom stereocenters. The molecule has 1 aromatic heterocycles. The summed E-state index contributed by atoms with van der Waals surface area (Å²) in [7, 11) is 0. The summed E-state index contributed by atoms with van der Waals surface area (Å²) in [6.07, 6.45) is 7.54. The number of anilines is 1. The summed E-state index contributed by atoms with van der Waals surface area (Å²) in [5.74, 6) is 0.907. The topological polar surface area (TPSA) is 37.8 Å². The molecule has 0 aliphatic heterocycles. The van der Waals surface area contributed by atoms with E-state index in [4.69, 9.17) is 0 Å². The van der Waals surface area contributed by atoms with E-state index in [1.54, 1.807) is 12.4 Å². The van der Waals surface area contributed by atoms with Gasteiger partial charge in [0.15, 0.2) is 0 Å².